The summed E-state index contributed by atoms with van der Waals surface area (Å²) in [6.45, 7) is 0. The van der Waals surface area contributed by atoms with E-state index >= 15 is 0 Å². The number of nitrogens with zero attached hydrogens (tertiary/aromatic N) is 2. The molecule has 1 aliphatic rings. The minimum atomic E-state index is -0.317. The lowest BCUT2D eigenvalue weighted by Crippen LogP contribution is -2.40. The number of hydrogen-bond donors (Lipinski definition) is 0. The number of rotatable bonds is 4. The van der Waals surface area contributed by atoms with Gasteiger partial charge in [0.2, 0.25) is 0 Å². The molecule has 0 N–H and O–H groups in total. The molecule has 0 saturated carbocycles. The van der Waals surface area contributed by atoms with Gasteiger partial charge in [-0.25, -0.2) is 4.90 Å². The van der Waals surface area contributed by atoms with Crippen LogP contribution in [0.5, 0.6) is 0 Å². The fraction of sp³-hybridized carbons (Fsp3) is 0. The molecule has 162 valence electrons. The van der Waals surface area contributed by atoms with Gasteiger partial charge in [0.25, 0.3) is 11.8 Å². The van der Waals surface area contributed by atoms with E-state index in [2.05, 4.69) is 4.90 Å². The van der Waals surface area contributed by atoms with E-state index in [9.17, 15) is 9.59 Å². The van der Waals surface area contributed by atoms with Crippen LogP contribution in [-0.2, 0) is 0 Å². The van der Waals surface area contributed by atoms with E-state index in [-0.39, 0.29) is 11.8 Å². The van der Waals surface area contributed by atoms with Gasteiger partial charge in [0.15, 0.2) is 0 Å². The summed E-state index contributed by atoms with van der Waals surface area (Å²) >= 11 is 0. The number of carbonyl (C=O) groups is 2. The molecule has 0 spiro atoms. The maximum Gasteiger partial charge on any atom is 0.266 e. The maximum atomic E-state index is 13.7. The molecule has 2 amide bonds. The Morgan fingerprint density at radius 3 is 1.68 bits per heavy atom. The normalized spacial score (nSPS) is 12.8. The molecule has 5 aromatic carbocycles. The predicted molar refractivity (Wildman–Crippen MR) is 136 cm³/mol. The largest absolute Gasteiger partial charge is 0.310 e. The van der Waals surface area contributed by atoms with Crippen LogP contribution in [-0.4, -0.2) is 11.8 Å². The van der Waals surface area contributed by atoms with Crippen LogP contribution in [0.2, 0.25) is 0 Å². The number of benzene rings is 5. The Balaban J connectivity index is 1.60. The van der Waals surface area contributed by atoms with Gasteiger partial charge in [-0.2, -0.15) is 0 Å². The van der Waals surface area contributed by atoms with Gasteiger partial charge in [0.1, 0.15) is 0 Å². The quantitative estimate of drug-likeness (QED) is 0.280. The van der Waals surface area contributed by atoms with E-state index < -0.39 is 0 Å². The van der Waals surface area contributed by atoms with Crippen LogP contribution in [0.15, 0.2) is 121 Å². The summed E-state index contributed by atoms with van der Waals surface area (Å²) < 4.78 is 0. The molecule has 1 aliphatic heterocycles. The van der Waals surface area contributed by atoms with Gasteiger partial charge in [-0.1, -0.05) is 66.7 Å². The third kappa shape index (κ3) is 3.16. The Kier molecular flexibility index (Phi) is 4.70. The Morgan fingerprint density at radius 2 is 1.06 bits per heavy atom. The molecule has 0 aromatic heterocycles. The van der Waals surface area contributed by atoms with E-state index in [4.69, 9.17) is 0 Å². The minimum absolute atomic E-state index is 0.301. The molecule has 0 fully saturated rings. The lowest BCUT2D eigenvalue weighted by Gasteiger charge is -2.30. The van der Waals surface area contributed by atoms with Gasteiger partial charge in [-0.3, -0.25) is 9.59 Å². The van der Waals surface area contributed by atoms with Crippen LogP contribution >= 0.6 is 0 Å². The summed E-state index contributed by atoms with van der Waals surface area (Å²) in [5.41, 5.74) is 4.43. The monoisotopic (exact) mass is 440 g/mol. The van der Waals surface area contributed by atoms with Crippen LogP contribution in [0.3, 0.4) is 0 Å². The first-order valence-corrected chi connectivity index (χ1v) is 11.1. The predicted octanol–water partition coefficient (Wildman–Crippen LogP) is 7.11. The number of amides is 2. The number of para-hydroxylation sites is 3. The van der Waals surface area contributed by atoms with Crippen molar-refractivity contribution >= 4 is 45.3 Å². The SMILES string of the molecule is O=C1c2cccc3cc(N(c4ccccc4)c4ccccc4)cc(c23)C(=O)N1c1ccccc1. The third-order valence-electron chi connectivity index (χ3n) is 6.13. The Bertz CT molecular complexity index is 1490. The lowest BCUT2D eigenvalue weighted by molar-refractivity contribution is 0.0893. The van der Waals surface area contributed by atoms with Crippen LogP contribution in [0.25, 0.3) is 10.8 Å². The van der Waals surface area contributed by atoms with Crippen molar-refractivity contribution in [3.05, 3.63) is 132 Å². The van der Waals surface area contributed by atoms with E-state index in [1.807, 2.05) is 103 Å². The summed E-state index contributed by atoms with van der Waals surface area (Å²) in [4.78, 5) is 30.5. The molecular formula is C30H20N2O2. The highest BCUT2D eigenvalue weighted by Gasteiger charge is 2.34. The molecule has 1 heterocycles. The summed E-state index contributed by atoms with van der Waals surface area (Å²) in [5.74, 6) is -0.618. The molecular weight excluding hydrogens is 420 g/mol. The van der Waals surface area contributed by atoms with Gasteiger partial charge in [0.05, 0.1) is 11.3 Å². The molecule has 0 atom stereocenters. The maximum absolute atomic E-state index is 13.7. The fourth-order valence-corrected chi connectivity index (χ4v) is 4.63. The third-order valence-corrected chi connectivity index (χ3v) is 6.13. The molecule has 0 radical (unpaired) electrons. The average Bonchev–Trinajstić information content (AvgIpc) is 2.89. The molecule has 0 saturated heterocycles. The first-order chi connectivity index (χ1) is 16.7. The highest BCUT2D eigenvalue weighted by Crippen LogP contribution is 2.40. The van der Waals surface area contributed by atoms with E-state index in [1.54, 1.807) is 18.2 Å². The number of imide groups is 1. The van der Waals surface area contributed by atoms with E-state index in [0.29, 0.717) is 22.2 Å². The van der Waals surface area contributed by atoms with Crippen molar-refractivity contribution in [2.45, 2.75) is 0 Å². The Morgan fingerprint density at radius 1 is 0.500 bits per heavy atom. The second-order valence-electron chi connectivity index (χ2n) is 8.18. The standard InChI is InChI=1S/C30H20N2O2/c33-29-26-18-10-11-21-19-25(31(22-12-4-1-5-13-22)23-14-6-2-7-15-23)20-27(28(21)26)30(34)32(29)24-16-8-3-9-17-24/h1-20H. The van der Waals surface area contributed by atoms with E-state index in [0.717, 1.165) is 22.4 Å². The van der Waals surface area contributed by atoms with Crippen LogP contribution in [0.4, 0.5) is 22.7 Å². The fourth-order valence-electron chi connectivity index (χ4n) is 4.63. The zero-order valence-corrected chi connectivity index (χ0v) is 18.3. The van der Waals surface area contributed by atoms with Crippen molar-refractivity contribution in [1.82, 2.24) is 0 Å². The summed E-state index contributed by atoms with van der Waals surface area (Å²) in [6.07, 6.45) is 0. The Hall–Kier alpha value is -4.70. The van der Waals surface area contributed by atoms with Crippen molar-refractivity contribution in [3.63, 3.8) is 0 Å². The minimum Gasteiger partial charge on any atom is -0.310 e. The molecule has 0 unspecified atom stereocenters. The van der Waals surface area contributed by atoms with Gasteiger partial charge < -0.3 is 4.90 Å². The van der Waals surface area contributed by atoms with Crippen LogP contribution in [0, 0.1) is 0 Å². The van der Waals surface area contributed by atoms with Gasteiger partial charge in [0, 0.05) is 28.0 Å². The second kappa shape index (κ2) is 8.01. The summed E-state index contributed by atoms with van der Waals surface area (Å²) in [5, 5.41) is 1.56. The summed E-state index contributed by atoms with van der Waals surface area (Å²) in [6, 6.07) is 38.8. The van der Waals surface area contributed by atoms with Gasteiger partial charge >= 0.3 is 0 Å². The Labute approximate surface area is 197 Å². The molecule has 5 aromatic rings. The van der Waals surface area contributed by atoms with Crippen LogP contribution in [0.1, 0.15) is 20.7 Å². The molecule has 6 rings (SSSR count). The van der Waals surface area contributed by atoms with E-state index in [1.165, 1.54) is 4.90 Å². The molecule has 4 heteroatoms. The highest BCUT2D eigenvalue weighted by molar-refractivity contribution is 6.36. The van der Waals surface area contributed by atoms with Crippen molar-refractivity contribution in [2.24, 2.45) is 0 Å². The molecule has 4 nitrogen and oxygen atoms in total. The van der Waals surface area contributed by atoms with Crippen LogP contribution < -0.4 is 9.80 Å². The molecule has 0 aliphatic carbocycles. The highest BCUT2D eigenvalue weighted by atomic mass is 16.2. The van der Waals surface area contributed by atoms with Gasteiger partial charge in [-0.05, 0) is 60.0 Å². The van der Waals surface area contributed by atoms with Crippen molar-refractivity contribution in [2.75, 3.05) is 9.80 Å². The number of carbonyl (C=O) groups excluding carboxylic acids is 2. The molecule has 34 heavy (non-hydrogen) atoms. The number of anilines is 4. The topological polar surface area (TPSA) is 40.6 Å². The number of hydrogen-bond acceptors (Lipinski definition) is 3. The zero-order chi connectivity index (χ0) is 23.1. The zero-order valence-electron chi connectivity index (χ0n) is 18.3. The van der Waals surface area contributed by atoms with Crippen molar-refractivity contribution in [1.29, 1.82) is 0 Å². The second-order valence-corrected chi connectivity index (χ2v) is 8.18. The first-order valence-electron chi connectivity index (χ1n) is 11.1. The molecule has 0 bridgehead atoms. The average molecular weight is 441 g/mol. The van der Waals surface area contributed by atoms with Gasteiger partial charge in [-0.15, -0.1) is 0 Å². The van der Waals surface area contributed by atoms with Crippen molar-refractivity contribution in [3.8, 4) is 0 Å². The smallest absolute Gasteiger partial charge is 0.266 e. The first kappa shape index (κ1) is 19.9. The summed E-state index contributed by atoms with van der Waals surface area (Å²) in [7, 11) is 0. The lowest BCUT2D eigenvalue weighted by atomic mass is 9.92. The van der Waals surface area contributed by atoms with Crippen molar-refractivity contribution < 1.29 is 9.59 Å².